The molecule has 0 saturated carbocycles. The van der Waals surface area contributed by atoms with E-state index in [0.29, 0.717) is 31.1 Å². The summed E-state index contributed by atoms with van der Waals surface area (Å²) in [5.41, 5.74) is 0.447. The summed E-state index contributed by atoms with van der Waals surface area (Å²) >= 11 is 1.13. The fraction of sp³-hybridized carbons (Fsp3) is 0.368. The first-order valence-electron chi connectivity index (χ1n) is 9.12. The van der Waals surface area contributed by atoms with Crippen LogP contribution in [0.4, 0.5) is 5.69 Å². The molecule has 29 heavy (non-hydrogen) atoms. The third kappa shape index (κ3) is 5.14. The molecule has 0 radical (unpaired) electrons. The van der Waals surface area contributed by atoms with Gasteiger partial charge in [0.15, 0.2) is 0 Å². The molecule has 3 rings (SSSR count). The Hall–Kier alpha value is -1.98. The van der Waals surface area contributed by atoms with Crippen molar-refractivity contribution in [1.29, 1.82) is 0 Å². The van der Waals surface area contributed by atoms with Crippen LogP contribution in [0.15, 0.2) is 58.3 Å². The molecule has 0 unspecified atom stereocenters. The van der Waals surface area contributed by atoms with Crippen molar-refractivity contribution in [1.82, 2.24) is 9.21 Å². The summed E-state index contributed by atoms with van der Waals surface area (Å²) in [6.07, 6.45) is -0.783. The van der Waals surface area contributed by atoms with Gasteiger partial charge in [-0.05, 0) is 24.7 Å². The number of benzene rings is 2. The lowest BCUT2D eigenvalue weighted by molar-refractivity contribution is -0.388. The van der Waals surface area contributed by atoms with E-state index in [1.807, 2.05) is 30.1 Å². The van der Waals surface area contributed by atoms with Crippen molar-refractivity contribution in [3.8, 4) is 0 Å². The predicted octanol–water partition coefficient (Wildman–Crippen LogP) is 2.36. The zero-order valence-electron chi connectivity index (χ0n) is 16.0. The van der Waals surface area contributed by atoms with Crippen LogP contribution in [0.1, 0.15) is 11.7 Å². The minimum absolute atomic E-state index is 0.0817. The topological polar surface area (TPSA) is 104 Å². The molecule has 0 aliphatic carbocycles. The average Bonchev–Trinajstić information content (AvgIpc) is 2.72. The van der Waals surface area contributed by atoms with Crippen molar-refractivity contribution in [2.45, 2.75) is 15.9 Å². The summed E-state index contributed by atoms with van der Waals surface area (Å²) in [6, 6.07) is 13.0. The molecule has 1 aliphatic heterocycles. The highest BCUT2D eigenvalue weighted by Gasteiger charge is 2.29. The van der Waals surface area contributed by atoms with Gasteiger partial charge in [-0.1, -0.05) is 30.3 Å². The van der Waals surface area contributed by atoms with E-state index in [-0.39, 0.29) is 16.3 Å². The molecule has 0 spiro atoms. The number of nitro benzene ring substituents is 1. The second-order valence-electron chi connectivity index (χ2n) is 6.83. The van der Waals surface area contributed by atoms with Crippen LogP contribution in [0.3, 0.4) is 0 Å². The smallest absolute Gasteiger partial charge is 0.284 e. The maximum atomic E-state index is 12.9. The van der Waals surface area contributed by atoms with Gasteiger partial charge >= 0.3 is 0 Å². The second-order valence-corrected chi connectivity index (χ2v) is 9.83. The monoisotopic (exact) mass is 437 g/mol. The zero-order valence-corrected chi connectivity index (χ0v) is 17.6. The van der Waals surface area contributed by atoms with Crippen LogP contribution in [0.5, 0.6) is 0 Å². The number of sulfonamides is 1. The summed E-state index contributed by atoms with van der Waals surface area (Å²) < 4.78 is 27.1. The minimum Gasteiger partial charge on any atom is -0.388 e. The van der Waals surface area contributed by atoms with Crippen LogP contribution in [-0.4, -0.2) is 66.6 Å². The van der Waals surface area contributed by atoms with E-state index in [1.165, 1.54) is 16.4 Å². The fourth-order valence-electron chi connectivity index (χ4n) is 3.04. The van der Waals surface area contributed by atoms with Crippen molar-refractivity contribution in [2.75, 3.05) is 39.0 Å². The Labute approximate surface area is 174 Å². The van der Waals surface area contributed by atoms with Crippen molar-refractivity contribution in [3.05, 3.63) is 64.2 Å². The molecule has 1 saturated heterocycles. The summed E-state index contributed by atoms with van der Waals surface area (Å²) in [4.78, 5) is 13.2. The highest BCUT2D eigenvalue weighted by molar-refractivity contribution is 7.99. The molecule has 1 fully saturated rings. The van der Waals surface area contributed by atoms with Crippen LogP contribution in [0, 0.1) is 10.1 Å². The Bertz CT molecular complexity index is 961. The molecule has 1 heterocycles. The van der Waals surface area contributed by atoms with Crippen molar-refractivity contribution in [2.24, 2.45) is 0 Å². The van der Waals surface area contributed by atoms with Gasteiger partial charge in [-0.25, -0.2) is 8.42 Å². The Morgan fingerprint density at radius 3 is 2.41 bits per heavy atom. The van der Waals surface area contributed by atoms with Crippen molar-refractivity contribution >= 4 is 27.5 Å². The van der Waals surface area contributed by atoms with Crippen LogP contribution in [0.2, 0.25) is 0 Å². The Morgan fingerprint density at radius 1 is 1.14 bits per heavy atom. The molecule has 0 amide bonds. The highest BCUT2D eigenvalue weighted by atomic mass is 32.2. The zero-order chi connectivity index (χ0) is 21.0. The molecule has 8 nitrogen and oxygen atoms in total. The first kappa shape index (κ1) is 21.7. The molecule has 1 atom stereocenters. The van der Waals surface area contributed by atoms with Gasteiger partial charge in [-0.15, -0.1) is 11.8 Å². The van der Waals surface area contributed by atoms with Gasteiger partial charge in [0.2, 0.25) is 10.0 Å². The third-order valence-electron chi connectivity index (χ3n) is 4.81. The summed E-state index contributed by atoms with van der Waals surface area (Å²) in [5.74, 6) is 0.218. The van der Waals surface area contributed by atoms with Gasteiger partial charge in [0.1, 0.15) is 0 Å². The van der Waals surface area contributed by atoms with E-state index in [4.69, 9.17) is 0 Å². The standard InChI is InChI=1S/C19H23N3O5S2/c1-20-9-11-21(12-10-20)29(26,27)16-7-8-19(17(13-16)22(24)25)28-14-18(23)15-5-3-2-4-6-15/h2-8,13,18,23H,9-12,14H2,1H3/t18-/m0/s1. The summed E-state index contributed by atoms with van der Waals surface area (Å²) in [6.45, 7) is 1.94. The van der Waals surface area contributed by atoms with E-state index in [0.717, 1.165) is 23.4 Å². The van der Waals surface area contributed by atoms with E-state index in [1.54, 1.807) is 12.1 Å². The van der Waals surface area contributed by atoms with Crippen LogP contribution < -0.4 is 0 Å². The van der Waals surface area contributed by atoms with E-state index in [2.05, 4.69) is 0 Å². The lowest BCUT2D eigenvalue weighted by Gasteiger charge is -2.31. The number of nitro groups is 1. The Balaban J connectivity index is 1.79. The minimum atomic E-state index is -3.79. The molecule has 10 heteroatoms. The molecule has 2 aromatic carbocycles. The van der Waals surface area contributed by atoms with Gasteiger partial charge in [-0.3, -0.25) is 10.1 Å². The number of hydrogen-bond donors (Lipinski definition) is 1. The number of hydrogen-bond acceptors (Lipinski definition) is 7. The second kappa shape index (κ2) is 9.23. The Kier molecular flexibility index (Phi) is 6.91. The lowest BCUT2D eigenvalue weighted by Crippen LogP contribution is -2.47. The fourth-order valence-corrected chi connectivity index (χ4v) is 5.46. The first-order valence-corrected chi connectivity index (χ1v) is 11.5. The molecule has 0 bridgehead atoms. The van der Waals surface area contributed by atoms with Gasteiger partial charge in [0, 0.05) is 38.0 Å². The van der Waals surface area contributed by atoms with Gasteiger partial charge in [0.25, 0.3) is 5.69 Å². The molecule has 156 valence electrons. The maximum Gasteiger partial charge on any atom is 0.284 e. The molecule has 1 N–H and O–H groups in total. The first-order chi connectivity index (χ1) is 13.8. The van der Waals surface area contributed by atoms with E-state index in [9.17, 15) is 23.6 Å². The van der Waals surface area contributed by atoms with Gasteiger partial charge in [-0.2, -0.15) is 4.31 Å². The molecule has 2 aromatic rings. The van der Waals surface area contributed by atoms with E-state index >= 15 is 0 Å². The molecule has 0 aromatic heterocycles. The van der Waals surface area contributed by atoms with Crippen LogP contribution >= 0.6 is 11.8 Å². The number of likely N-dealkylation sites (N-methyl/N-ethyl adjacent to an activating group) is 1. The highest BCUT2D eigenvalue weighted by Crippen LogP contribution is 2.34. The predicted molar refractivity (Wildman–Crippen MR) is 111 cm³/mol. The van der Waals surface area contributed by atoms with Gasteiger partial charge in [0.05, 0.1) is 20.8 Å². The molecule has 1 aliphatic rings. The lowest BCUT2D eigenvalue weighted by atomic mass is 10.1. The largest absolute Gasteiger partial charge is 0.388 e. The van der Waals surface area contributed by atoms with Gasteiger partial charge < -0.3 is 10.0 Å². The van der Waals surface area contributed by atoms with Crippen molar-refractivity contribution < 1.29 is 18.4 Å². The SMILES string of the molecule is CN1CCN(S(=O)(=O)c2ccc(SC[C@H](O)c3ccccc3)c([N+](=O)[O-])c2)CC1. The van der Waals surface area contributed by atoms with Crippen LogP contribution in [-0.2, 0) is 10.0 Å². The summed E-state index contributed by atoms with van der Waals surface area (Å²) in [5, 5.41) is 21.8. The Morgan fingerprint density at radius 2 is 1.79 bits per heavy atom. The number of aliphatic hydroxyl groups is 1. The number of aliphatic hydroxyl groups excluding tert-OH is 1. The van der Waals surface area contributed by atoms with Crippen LogP contribution in [0.25, 0.3) is 0 Å². The quantitative estimate of drug-likeness (QED) is 0.403. The number of nitrogens with zero attached hydrogens (tertiary/aromatic N) is 3. The number of rotatable bonds is 7. The van der Waals surface area contributed by atoms with Crippen molar-refractivity contribution in [3.63, 3.8) is 0 Å². The molecular formula is C19H23N3O5S2. The number of thioether (sulfide) groups is 1. The molecular weight excluding hydrogens is 414 g/mol. The normalized spacial score (nSPS) is 17.2. The van der Waals surface area contributed by atoms with E-state index < -0.39 is 21.1 Å². The number of piperazine rings is 1. The third-order valence-corrected chi connectivity index (χ3v) is 7.84. The maximum absolute atomic E-state index is 12.9. The summed E-state index contributed by atoms with van der Waals surface area (Å²) in [7, 11) is -1.87. The average molecular weight is 438 g/mol.